The van der Waals surface area contributed by atoms with Crippen molar-refractivity contribution in [1.29, 1.82) is 0 Å². The van der Waals surface area contributed by atoms with E-state index in [0.29, 0.717) is 13.1 Å². The van der Waals surface area contributed by atoms with Crippen molar-refractivity contribution in [3.05, 3.63) is 66.4 Å². The number of sulfonamides is 1. The van der Waals surface area contributed by atoms with Crippen LogP contribution in [0.4, 0.5) is 0 Å². The molecule has 2 aromatic carbocycles. The van der Waals surface area contributed by atoms with Gasteiger partial charge in [0.2, 0.25) is 10.0 Å². The molecule has 0 radical (unpaired) electrons. The van der Waals surface area contributed by atoms with Crippen molar-refractivity contribution < 1.29 is 8.42 Å². The maximum Gasteiger partial charge on any atom is 0.240 e. The highest BCUT2D eigenvalue weighted by Gasteiger charge is 2.18. The minimum absolute atomic E-state index is 0.227. The van der Waals surface area contributed by atoms with E-state index in [2.05, 4.69) is 27.2 Å². The lowest BCUT2D eigenvalue weighted by Crippen LogP contribution is -2.40. The summed E-state index contributed by atoms with van der Waals surface area (Å²) >= 11 is 1.57. The smallest absolute Gasteiger partial charge is 0.240 e. The molecule has 1 heterocycles. The number of benzene rings is 2. The molecule has 0 bridgehead atoms. The fourth-order valence-corrected chi connectivity index (χ4v) is 5.20. The predicted molar refractivity (Wildman–Crippen MR) is 124 cm³/mol. The molecule has 1 aromatic heterocycles. The predicted octanol–water partition coefficient (Wildman–Crippen LogP) is 2.78. The Kier molecular flexibility index (Phi) is 8.24. The van der Waals surface area contributed by atoms with Gasteiger partial charge in [-0.2, -0.15) is 0 Å². The number of aromatic nitrogens is 1. The summed E-state index contributed by atoms with van der Waals surface area (Å²) in [7, 11) is -3.61. The Hall–Kier alpha value is -1.97. The quantitative estimate of drug-likeness (QED) is 0.311. The molecule has 0 aliphatic heterocycles. The zero-order valence-corrected chi connectivity index (χ0v) is 18.7. The Bertz CT molecular complexity index is 1060. The first kappa shape index (κ1) is 22.7. The van der Waals surface area contributed by atoms with Gasteiger partial charge < -0.3 is 11.1 Å². The second-order valence-corrected chi connectivity index (χ2v) is 9.90. The average Bonchev–Trinajstić information content (AvgIpc) is 2.75. The van der Waals surface area contributed by atoms with Crippen molar-refractivity contribution in [2.24, 2.45) is 5.73 Å². The number of nitrogens with zero attached hydrogens (tertiary/aromatic N) is 1. The van der Waals surface area contributed by atoms with E-state index >= 15 is 0 Å². The van der Waals surface area contributed by atoms with E-state index in [1.807, 2.05) is 37.3 Å². The summed E-state index contributed by atoms with van der Waals surface area (Å²) in [5, 5.41) is 5.97. The molecule has 0 saturated heterocycles. The highest BCUT2D eigenvalue weighted by atomic mass is 32.2. The molecule has 3 aromatic rings. The summed E-state index contributed by atoms with van der Waals surface area (Å²) in [4.78, 5) is 4.64. The van der Waals surface area contributed by atoms with Crippen LogP contribution in [0.1, 0.15) is 12.5 Å². The number of rotatable bonds is 11. The molecule has 3 rings (SSSR count). The van der Waals surface area contributed by atoms with Crippen LogP contribution in [-0.2, 0) is 16.4 Å². The molecule has 0 unspecified atom stereocenters. The molecule has 1 atom stereocenters. The zero-order valence-electron chi connectivity index (χ0n) is 17.0. The number of hydrogen-bond acceptors (Lipinski definition) is 6. The molecule has 0 aliphatic carbocycles. The van der Waals surface area contributed by atoms with Gasteiger partial charge in [-0.15, -0.1) is 11.8 Å². The van der Waals surface area contributed by atoms with Gasteiger partial charge in [-0.1, -0.05) is 36.4 Å². The average molecular weight is 445 g/mol. The molecule has 0 amide bonds. The fourth-order valence-electron chi connectivity index (χ4n) is 3.14. The van der Waals surface area contributed by atoms with Gasteiger partial charge in [-0.3, -0.25) is 0 Å². The van der Waals surface area contributed by atoms with Crippen molar-refractivity contribution in [2.75, 3.05) is 25.4 Å². The van der Waals surface area contributed by atoms with Crippen LogP contribution >= 0.6 is 11.8 Å². The van der Waals surface area contributed by atoms with Gasteiger partial charge >= 0.3 is 0 Å². The minimum Gasteiger partial charge on any atom is -0.330 e. The van der Waals surface area contributed by atoms with Gasteiger partial charge in [0, 0.05) is 36.5 Å². The lowest BCUT2D eigenvalue weighted by atomic mass is 10.1. The molecule has 0 aliphatic rings. The van der Waals surface area contributed by atoms with Gasteiger partial charge in [0.1, 0.15) is 5.03 Å². The van der Waals surface area contributed by atoms with E-state index in [1.54, 1.807) is 30.1 Å². The second kappa shape index (κ2) is 10.9. The SMILES string of the molecule is C[C@H](CNCCc1ccccc1)NS(=O)(=O)c1ccc2c(SCCN)nccc2c1. The molecule has 4 N–H and O–H groups in total. The van der Waals surface area contributed by atoms with Gasteiger partial charge in [0.25, 0.3) is 0 Å². The summed E-state index contributed by atoms with van der Waals surface area (Å²) in [6, 6.07) is 17.0. The Morgan fingerprint density at radius 1 is 1.13 bits per heavy atom. The zero-order chi connectivity index (χ0) is 21.4. The molecule has 0 saturated carbocycles. The third-order valence-corrected chi connectivity index (χ3v) is 7.23. The van der Waals surface area contributed by atoms with E-state index in [9.17, 15) is 8.42 Å². The van der Waals surface area contributed by atoms with Crippen LogP contribution in [-0.4, -0.2) is 44.8 Å². The highest BCUT2D eigenvalue weighted by Crippen LogP contribution is 2.27. The van der Waals surface area contributed by atoms with Crippen molar-refractivity contribution in [3.8, 4) is 0 Å². The number of nitrogens with one attached hydrogen (secondary N) is 2. The normalized spacial score (nSPS) is 12.9. The lowest BCUT2D eigenvalue weighted by Gasteiger charge is -2.16. The largest absolute Gasteiger partial charge is 0.330 e. The molecule has 8 heteroatoms. The first-order valence-corrected chi connectivity index (χ1v) is 12.4. The monoisotopic (exact) mass is 444 g/mol. The minimum atomic E-state index is -3.61. The topological polar surface area (TPSA) is 97.1 Å². The Morgan fingerprint density at radius 2 is 1.93 bits per heavy atom. The third kappa shape index (κ3) is 6.26. The Morgan fingerprint density at radius 3 is 2.70 bits per heavy atom. The van der Waals surface area contributed by atoms with Crippen LogP contribution in [0, 0.1) is 0 Å². The number of thioether (sulfide) groups is 1. The van der Waals surface area contributed by atoms with Crippen molar-refractivity contribution in [1.82, 2.24) is 15.0 Å². The van der Waals surface area contributed by atoms with E-state index < -0.39 is 10.0 Å². The van der Waals surface area contributed by atoms with E-state index in [-0.39, 0.29) is 10.9 Å². The van der Waals surface area contributed by atoms with Crippen molar-refractivity contribution in [3.63, 3.8) is 0 Å². The molecule has 0 fully saturated rings. The van der Waals surface area contributed by atoms with Gasteiger partial charge in [-0.05, 0) is 49.0 Å². The molecule has 30 heavy (non-hydrogen) atoms. The summed E-state index contributed by atoms with van der Waals surface area (Å²) in [6.07, 6.45) is 2.60. The van der Waals surface area contributed by atoms with E-state index in [4.69, 9.17) is 5.73 Å². The second-order valence-electron chi connectivity index (χ2n) is 7.10. The van der Waals surface area contributed by atoms with Crippen LogP contribution in [0.2, 0.25) is 0 Å². The van der Waals surface area contributed by atoms with Gasteiger partial charge in [0.15, 0.2) is 0 Å². The Labute approximate surface area is 182 Å². The van der Waals surface area contributed by atoms with Crippen LogP contribution in [0.5, 0.6) is 0 Å². The third-order valence-electron chi connectivity index (χ3n) is 4.61. The van der Waals surface area contributed by atoms with Gasteiger partial charge in [-0.25, -0.2) is 18.1 Å². The van der Waals surface area contributed by atoms with Gasteiger partial charge in [0.05, 0.1) is 4.90 Å². The lowest BCUT2D eigenvalue weighted by molar-refractivity contribution is 0.537. The number of fused-ring (bicyclic) bond motifs is 1. The number of hydrogen-bond donors (Lipinski definition) is 3. The molecular weight excluding hydrogens is 416 g/mol. The first-order chi connectivity index (χ1) is 14.5. The summed E-state index contributed by atoms with van der Waals surface area (Å²) < 4.78 is 28.4. The van der Waals surface area contributed by atoms with E-state index in [0.717, 1.165) is 34.5 Å². The van der Waals surface area contributed by atoms with Crippen molar-refractivity contribution in [2.45, 2.75) is 29.3 Å². The molecule has 0 spiro atoms. The Balaban J connectivity index is 1.59. The first-order valence-electron chi connectivity index (χ1n) is 9.98. The number of pyridine rings is 1. The van der Waals surface area contributed by atoms with Crippen LogP contribution in [0.15, 0.2) is 70.7 Å². The summed E-state index contributed by atoms with van der Waals surface area (Å²) in [6.45, 7) is 3.78. The molecule has 160 valence electrons. The van der Waals surface area contributed by atoms with Crippen LogP contribution in [0.25, 0.3) is 10.8 Å². The highest BCUT2D eigenvalue weighted by molar-refractivity contribution is 7.99. The number of nitrogens with two attached hydrogens (primary N) is 1. The standard InChI is InChI=1S/C22H28N4O2S2/c1-17(16-24-12-9-18-5-3-2-4-6-18)26-30(27,28)20-7-8-21-19(15-20)10-13-25-22(21)29-14-11-23/h2-8,10,13,15,17,24,26H,9,11-12,14,16,23H2,1H3/t17-/m1/s1. The van der Waals surface area contributed by atoms with Crippen molar-refractivity contribution >= 4 is 32.6 Å². The van der Waals surface area contributed by atoms with Crippen LogP contribution in [0.3, 0.4) is 0 Å². The summed E-state index contributed by atoms with van der Waals surface area (Å²) in [5.41, 5.74) is 6.84. The maximum absolute atomic E-state index is 12.8. The van der Waals surface area contributed by atoms with Crippen LogP contribution < -0.4 is 15.8 Å². The molecule has 6 nitrogen and oxygen atoms in total. The summed E-state index contributed by atoms with van der Waals surface area (Å²) in [5.74, 6) is 0.766. The maximum atomic E-state index is 12.8. The molecular formula is C22H28N4O2S2. The van der Waals surface area contributed by atoms with E-state index in [1.165, 1.54) is 5.56 Å². The fraction of sp³-hybridized carbons (Fsp3) is 0.318.